The smallest absolute Gasteiger partial charge is 0.409 e. The van der Waals surface area contributed by atoms with Crippen molar-refractivity contribution in [2.45, 2.75) is 20.0 Å². The van der Waals surface area contributed by atoms with Gasteiger partial charge >= 0.3 is 12.1 Å². The van der Waals surface area contributed by atoms with Gasteiger partial charge in [0.15, 0.2) is 5.82 Å². The molecule has 0 aliphatic heterocycles. The van der Waals surface area contributed by atoms with Gasteiger partial charge in [-0.2, -0.15) is 15.0 Å². The van der Waals surface area contributed by atoms with E-state index in [-0.39, 0.29) is 23.2 Å². The Morgan fingerprint density at radius 3 is 2.67 bits per heavy atom. The zero-order valence-electron chi connectivity index (χ0n) is 11.4. The van der Waals surface area contributed by atoms with Crippen LogP contribution in [0.4, 0.5) is 10.5 Å². The molecular weight excluding hydrogens is 296 g/mol. The van der Waals surface area contributed by atoms with E-state index in [1.54, 1.807) is 24.3 Å². The molecule has 0 saturated heterocycles. The molecule has 1 heterocycles. The molecule has 21 heavy (non-hydrogen) atoms. The molecule has 0 spiro atoms. The molecular formula is C13H13ClN4O3. The zero-order chi connectivity index (χ0) is 15.4. The Hall–Kier alpha value is -2.41. The number of nitrogens with zero attached hydrogens (tertiary/aromatic N) is 3. The molecule has 1 amide bonds. The van der Waals surface area contributed by atoms with E-state index in [0.717, 1.165) is 0 Å². The van der Waals surface area contributed by atoms with Crippen LogP contribution in [0, 0.1) is 0 Å². The number of aromatic nitrogens is 3. The van der Waals surface area contributed by atoms with E-state index in [4.69, 9.17) is 21.4 Å². The molecule has 0 aliphatic carbocycles. The molecule has 0 bridgehead atoms. The third kappa shape index (κ3) is 4.03. The average molecular weight is 309 g/mol. The molecule has 0 atom stereocenters. The number of halogens is 1. The lowest BCUT2D eigenvalue weighted by Gasteiger charge is -2.11. The Bertz CT molecular complexity index is 664. The van der Waals surface area contributed by atoms with Crippen LogP contribution < -0.4 is 10.1 Å². The number of hydrogen-bond acceptors (Lipinski definition) is 5. The van der Waals surface area contributed by atoms with Crippen LogP contribution in [0.2, 0.25) is 5.28 Å². The molecule has 2 rings (SSSR count). The van der Waals surface area contributed by atoms with Gasteiger partial charge in [-0.1, -0.05) is 12.1 Å². The van der Waals surface area contributed by atoms with Crippen molar-refractivity contribution in [3.8, 4) is 17.4 Å². The Labute approximate surface area is 126 Å². The second-order valence-electron chi connectivity index (χ2n) is 4.35. The lowest BCUT2D eigenvalue weighted by Crippen LogP contribution is -2.11. The maximum atomic E-state index is 10.8. The second kappa shape index (κ2) is 6.36. The van der Waals surface area contributed by atoms with Gasteiger partial charge in [-0.05, 0) is 37.6 Å². The normalized spacial score (nSPS) is 10.5. The van der Waals surface area contributed by atoms with Gasteiger partial charge in [0.2, 0.25) is 5.28 Å². The first-order chi connectivity index (χ1) is 9.95. The van der Waals surface area contributed by atoms with Crippen LogP contribution in [-0.2, 0) is 0 Å². The van der Waals surface area contributed by atoms with Gasteiger partial charge < -0.3 is 9.84 Å². The van der Waals surface area contributed by atoms with Gasteiger partial charge in [0.1, 0.15) is 0 Å². The van der Waals surface area contributed by atoms with E-state index >= 15 is 0 Å². The highest BCUT2D eigenvalue weighted by molar-refractivity contribution is 6.28. The predicted octanol–water partition coefficient (Wildman–Crippen LogP) is 3.07. The number of carbonyl (C=O) groups is 1. The number of benzene rings is 1. The molecule has 7 nitrogen and oxygen atoms in total. The highest BCUT2D eigenvalue weighted by atomic mass is 35.5. The minimum absolute atomic E-state index is 0.0271. The van der Waals surface area contributed by atoms with Crippen molar-refractivity contribution >= 4 is 23.4 Å². The lowest BCUT2D eigenvalue weighted by molar-refractivity contribution is 0.209. The fourth-order valence-electron chi connectivity index (χ4n) is 1.62. The van der Waals surface area contributed by atoms with E-state index in [9.17, 15) is 4.79 Å². The number of rotatable bonds is 4. The van der Waals surface area contributed by atoms with Crippen molar-refractivity contribution in [2.24, 2.45) is 0 Å². The standard InChI is InChI=1S/C13H13ClN4O3/c1-7(2)21-12-17-10(16-11(14)18-12)8-5-3-4-6-9(8)15-13(19)20/h3-7,15H,1-2H3,(H,19,20). The maximum absolute atomic E-state index is 10.8. The van der Waals surface area contributed by atoms with Crippen molar-refractivity contribution in [2.75, 3.05) is 5.32 Å². The molecule has 2 aromatic rings. The van der Waals surface area contributed by atoms with Crippen molar-refractivity contribution in [3.63, 3.8) is 0 Å². The third-order valence-electron chi connectivity index (χ3n) is 2.34. The minimum atomic E-state index is -1.18. The molecule has 0 aliphatic rings. The molecule has 110 valence electrons. The topological polar surface area (TPSA) is 97.2 Å². The van der Waals surface area contributed by atoms with Gasteiger partial charge in [-0.3, -0.25) is 5.32 Å². The number of nitrogens with one attached hydrogen (secondary N) is 1. The quantitative estimate of drug-likeness (QED) is 0.901. The lowest BCUT2D eigenvalue weighted by atomic mass is 10.1. The monoisotopic (exact) mass is 308 g/mol. The summed E-state index contributed by atoms with van der Waals surface area (Å²) in [5, 5.41) is 11.1. The SMILES string of the molecule is CC(C)Oc1nc(Cl)nc(-c2ccccc2NC(=O)O)n1. The Balaban J connectivity index is 2.46. The summed E-state index contributed by atoms with van der Waals surface area (Å²) in [6.45, 7) is 3.66. The van der Waals surface area contributed by atoms with Gasteiger partial charge in [0.25, 0.3) is 0 Å². The summed E-state index contributed by atoms with van der Waals surface area (Å²) in [6.07, 6.45) is -1.30. The summed E-state index contributed by atoms with van der Waals surface area (Å²) >= 11 is 5.86. The second-order valence-corrected chi connectivity index (χ2v) is 4.69. The predicted molar refractivity (Wildman–Crippen MR) is 77.7 cm³/mol. The van der Waals surface area contributed by atoms with E-state index in [0.29, 0.717) is 11.3 Å². The number of ether oxygens (including phenoxy) is 1. The Morgan fingerprint density at radius 2 is 2.00 bits per heavy atom. The molecule has 1 aromatic heterocycles. The van der Waals surface area contributed by atoms with Gasteiger partial charge in [0, 0.05) is 5.56 Å². The molecule has 1 aromatic carbocycles. The summed E-state index contributed by atoms with van der Waals surface area (Å²) in [6, 6.07) is 6.80. The van der Waals surface area contributed by atoms with E-state index < -0.39 is 6.09 Å². The van der Waals surface area contributed by atoms with Crippen LogP contribution in [0.3, 0.4) is 0 Å². The molecule has 0 fully saturated rings. The average Bonchev–Trinajstić information content (AvgIpc) is 2.37. The number of anilines is 1. The number of carboxylic acid groups (broad SMARTS) is 1. The van der Waals surface area contributed by atoms with Crippen molar-refractivity contribution in [1.29, 1.82) is 0 Å². The van der Waals surface area contributed by atoms with Gasteiger partial charge in [-0.25, -0.2) is 4.79 Å². The van der Waals surface area contributed by atoms with Gasteiger partial charge in [-0.15, -0.1) is 0 Å². The molecule has 0 saturated carbocycles. The number of amides is 1. The summed E-state index contributed by atoms with van der Waals surface area (Å²) < 4.78 is 5.39. The van der Waals surface area contributed by atoms with E-state index in [2.05, 4.69) is 20.3 Å². The molecule has 0 unspecified atom stereocenters. The maximum Gasteiger partial charge on any atom is 0.409 e. The van der Waals surface area contributed by atoms with E-state index in [1.165, 1.54) is 0 Å². The van der Waals surface area contributed by atoms with Crippen LogP contribution in [0.1, 0.15) is 13.8 Å². The van der Waals surface area contributed by atoms with Crippen LogP contribution in [-0.4, -0.2) is 32.3 Å². The fourth-order valence-corrected chi connectivity index (χ4v) is 1.77. The van der Waals surface area contributed by atoms with Crippen molar-refractivity contribution in [1.82, 2.24) is 15.0 Å². The highest BCUT2D eigenvalue weighted by Gasteiger charge is 2.13. The Morgan fingerprint density at radius 1 is 1.29 bits per heavy atom. The summed E-state index contributed by atoms with van der Waals surface area (Å²) in [7, 11) is 0. The fraction of sp³-hybridized carbons (Fsp3) is 0.231. The molecule has 8 heteroatoms. The first-order valence-electron chi connectivity index (χ1n) is 6.13. The zero-order valence-corrected chi connectivity index (χ0v) is 12.1. The number of para-hydroxylation sites is 1. The first kappa shape index (κ1) is 15.0. The van der Waals surface area contributed by atoms with Crippen molar-refractivity contribution in [3.05, 3.63) is 29.5 Å². The minimum Gasteiger partial charge on any atom is -0.465 e. The van der Waals surface area contributed by atoms with Crippen LogP contribution in [0.25, 0.3) is 11.4 Å². The largest absolute Gasteiger partial charge is 0.465 e. The Kier molecular flexibility index (Phi) is 4.54. The summed E-state index contributed by atoms with van der Waals surface area (Å²) in [5.41, 5.74) is 0.834. The summed E-state index contributed by atoms with van der Waals surface area (Å²) in [5.74, 6) is 0.231. The first-order valence-corrected chi connectivity index (χ1v) is 6.51. The number of hydrogen-bond donors (Lipinski definition) is 2. The van der Waals surface area contributed by atoms with Gasteiger partial charge in [0.05, 0.1) is 11.8 Å². The van der Waals surface area contributed by atoms with Crippen molar-refractivity contribution < 1.29 is 14.6 Å². The van der Waals surface area contributed by atoms with Crippen LogP contribution in [0.15, 0.2) is 24.3 Å². The summed E-state index contributed by atoms with van der Waals surface area (Å²) in [4.78, 5) is 22.9. The highest BCUT2D eigenvalue weighted by Crippen LogP contribution is 2.26. The third-order valence-corrected chi connectivity index (χ3v) is 2.51. The van der Waals surface area contributed by atoms with E-state index in [1.807, 2.05) is 13.8 Å². The molecule has 0 radical (unpaired) electrons. The van der Waals surface area contributed by atoms with Crippen LogP contribution in [0.5, 0.6) is 6.01 Å². The van der Waals surface area contributed by atoms with Crippen LogP contribution >= 0.6 is 11.6 Å². The molecule has 2 N–H and O–H groups in total.